The SMILES string of the molecule is C.CC1=Nc2c(O)cc(C(=O)N(C)C)cc2C1.CC1=Nc2c(cc(C(=O)N(C)C)cc2O[C@H]2CCOc3cc(F)cc(F)c32)C1.CC1=[NH+]c2c(cc(C(=O)N(C)C)cc2O[C@H]2CCOc3cc(F)cc(F)c32)C1.[CH3-]. The molecule has 0 unspecified atom stereocenters. The van der Waals surface area contributed by atoms with Crippen LogP contribution in [0.15, 0.2) is 70.6 Å². The molecule has 0 spiro atoms. The lowest BCUT2D eigenvalue weighted by molar-refractivity contribution is -0.351. The van der Waals surface area contributed by atoms with E-state index < -0.39 is 35.5 Å². The van der Waals surface area contributed by atoms with Gasteiger partial charge in [0.15, 0.2) is 11.5 Å². The van der Waals surface area contributed by atoms with Gasteiger partial charge < -0.3 is 46.2 Å². The Labute approximate surface area is 429 Å². The number of phenols is 1. The summed E-state index contributed by atoms with van der Waals surface area (Å²) in [5.41, 5.74) is 9.59. The number of hydrogen-bond acceptors (Lipinski definition) is 10. The summed E-state index contributed by atoms with van der Waals surface area (Å²) in [6, 6.07) is 14.2. The summed E-state index contributed by atoms with van der Waals surface area (Å²) < 4.78 is 79.1. The van der Waals surface area contributed by atoms with Crippen LogP contribution >= 0.6 is 0 Å². The minimum atomic E-state index is -0.712. The smallest absolute Gasteiger partial charge is 0.253 e. The van der Waals surface area contributed by atoms with Crippen molar-refractivity contribution in [2.45, 2.75) is 72.5 Å². The first kappa shape index (κ1) is 55.6. The van der Waals surface area contributed by atoms with Gasteiger partial charge in [0.25, 0.3) is 17.7 Å². The first-order valence-electron chi connectivity index (χ1n) is 23.2. The Bertz CT molecular complexity index is 2970. The zero-order valence-corrected chi connectivity index (χ0v) is 42.4. The topological polar surface area (TPSA) is 157 Å². The average molecular weight is 1020 g/mol. The number of aliphatic imine (C=N–C) groups is 2. The van der Waals surface area contributed by atoms with E-state index in [0.29, 0.717) is 71.7 Å². The van der Waals surface area contributed by atoms with Crippen LogP contribution < -0.4 is 23.9 Å². The molecule has 5 aliphatic rings. The number of carbonyl (C=O) groups excluding carboxylic acids is 3. The van der Waals surface area contributed by atoms with Gasteiger partial charge in [0.2, 0.25) is 5.69 Å². The lowest BCUT2D eigenvalue weighted by Crippen LogP contribution is -2.63. The minimum absolute atomic E-state index is 0. The molecule has 392 valence electrons. The average Bonchev–Trinajstić information content (AvgIpc) is 4.02. The number of hydrogen-bond donors (Lipinski definition) is 2. The van der Waals surface area contributed by atoms with Gasteiger partial charge in [0, 0.05) is 133 Å². The van der Waals surface area contributed by atoms with Gasteiger partial charge in [0.1, 0.15) is 69.8 Å². The Hall–Kier alpha value is -7.76. The predicted octanol–water partition coefficient (Wildman–Crippen LogP) is 9.34. The maximum Gasteiger partial charge on any atom is 0.253 e. The number of benzene rings is 5. The fourth-order valence-electron chi connectivity index (χ4n) is 9.08. The van der Waals surface area contributed by atoms with Crippen molar-refractivity contribution in [2.24, 2.45) is 9.98 Å². The van der Waals surface area contributed by atoms with Gasteiger partial charge in [-0.15, -0.1) is 0 Å². The molecule has 0 aliphatic carbocycles. The molecule has 2 atom stereocenters. The van der Waals surface area contributed by atoms with Gasteiger partial charge in [-0.05, 0) is 61.4 Å². The van der Waals surface area contributed by atoms with Crippen molar-refractivity contribution < 1.29 is 61.0 Å². The fourth-order valence-corrected chi connectivity index (χ4v) is 9.08. The molecule has 0 saturated carbocycles. The molecule has 5 aromatic carbocycles. The van der Waals surface area contributed by atoms with Crippen molar-refractivity contribution in [3.05, 3.63) is 136 Å². The Morgan fingerprint density at radius 3 is 1.50 bits per heavy atom. The standard InChI is InChI=1S/2C21H20F2N2O3.C12H14N2O2.CH4.CH3/c2*1-11-6-12-7-13(21(26)25(2)3)8-18(20(12)24-11)28-16-4-5-27-17-10-14(22)9-15(23)19(16)17;1-7-4-8-5-9(12(16)14(2)3)6-10(15)11(8)13-7;;/h2*7-10,16H,4-6H2,1-3H3;5-6,15H,4H2,1-3H3;1H4;1H3/q;;;;-1/p+1/t2*16-;;;/m00.../s1. The van der Waals surface area contributed by atoms with Crippen molar-refractivity contribution in [1.82, 2.24) is 14.7 Å². The molecule has 18 heteroatoms. The zero-order valence-electron chi connectivity index (χ0n) is 42.4. The normalized spacial score (nSPS) is 16.0. The summed E-state index contributed by atoms with van der Waals surface area (Å²) >= 11 is 0. The van der Waals surface area contributed by atoms with E-state index in [-0.39, 0.29) is 74.2 Å². The number of fused-ring (bicyclic) bond motifs is 5. The van der Waals surface area contributed by atoms with Crippen LogP contribution in [0, 0.1) is 30.7 Å². The van der Waals surface area contributed by atoms with Crippen LogP contribution in [0.2, 0.25) is 0 Å². The van der Waals surface area contributed by atoms with Crippen molar-refractivity contribution in [3.63, 3.8) is 0 Å². The molecule has 0 saturated heterocycles. The van der Waals surface area contributed by atoms with Crippen molar-refractivity contribution >= 4 is 51.9 Å². The zero-order chi connectivity index (χ0) is 51.9. The maximum absolute atomic E-state index is 14.5. The van der Waals surface area contributed by atoms with E-state index in [4.69, 9.17) is 18.9 Å². The first-order chi connectivity index (χ1) is 34.1. The van der Waals surface area contributed by atoms with Crippen LogP contribution in [0.1, 0.15) is 112 Å². The number of amides is 3. The van der Waals surface area contributed by atoms with E-state index in [1.165, 1.54) is 26.8 Å². The summed E-state index contributed by atoms with van der Waals surface area (Å²) in [4.78, 5) is 53.2. The summed E-state index contributed by atoms with van der Waals surface area (Å²) in [6.07, 6.45) is 1.54. The van der Waals surface area contributed by atoms with Crippen LogP contribution in [-0.4, -0.2) is 110 Å². The van der Waals surface area contributed by atoms with E-state index in [2.05, 4.69) is 15.0 Å². The Balaban J connectivity index is 0.000000185. The van der Waals surface area contributed by atoms with Crippen molar-refractivity contribution in [1.29, 1.82) is 0 Å². The van der Waals surface area contributed by atoms with Gasteiger partial charge in [-0.1, -0.05) is 7.43 Å². The van der Waals surface area contributed by atoms with Gasteiger partial charge >= 0.3 is 0 Å². The molecule has 0 radical (unpaired) electrons. The predicted molar refractivity (Wildman–Crippen MR) is 276 cm³/mol. The Morgan fingerprint density at radius 2 is 1.01 bits per heavy atom. The number of nitrogens with zero attached hydrogens (tertiary/aromatic N) is 5. The maximum atomic E-state index is 14.5. The number of nitrogens with one attached hydrogen (secondary N) is 1. The molecule has 74 heavy (non-hydrogen) atoms. The summed E-state index contributed by atoms with van der Waals surface area (Å²) in [5, 5.41) is 9.78. The monoisotopic (exact) mass is 1020 g/mol. The summed E-state index contributed by atoms with van der Waals surface area (Å²) in [7, 11) is 10.1. The third-order valence-electron chi connectivity index (χ3n) is 12.3. The number of halogens is 4. The molecule has 2 N–H and O–H groups in total. The number of aromatic hydroxyl groups is 1. The van der Waals surface area contributed by atoms with Crippen LogP contribution in [0.5, 0.6) is 28.7 Å². The number of carbonyl (C=O) groups is 3. The third-order valence-corrected chi connectivity index (χ3v) is 12.3. The highest BCUT2D eigenvalue weighted by Gasteiger charge is 2.34. The fraction of sp³-hybridized carbons (Fsp3) is 0.339. The molecular weight excluding hydrogens is 961 g/mol. The highest BCUT2D eigenvalue weighted by molar-refractivity contribution is 6.00. The molecule has 0 fully saturated rings. The molecule has 5 aromatic rings. The quantitative estimate of drug-likeness (QED) is 0.121. The molecule has 3 amide bonds. The molecule has 0 bridgehead atoms. The minimum Gasteiger partial charge on any atom is -0.506 e. The van der Waals surface area contributed by atoms with Crippen molar-refractivity contribution in [2.75, 3.05) is 55.5 Å². The van der Waals surface area contributed by atoms with Gasteiger partial charge in [-0.3, -0.25) is 24.4 Å². The second kappa shape index (κ2) is 22.6. The van der Waals surface area contributed by atoms with E-state index in [1.54, 1.807) is 60.5 Å². The highest BCUT2D eigenvalue weighted by Crippen LogP contribution is 2.45. The highest BCUT2D eigenvalue weighted by atomic mass is 19.1. The Kier molecular flexibility index (Phi) is 16.9. The molecule has 5 aliphatic heterocycles. The molecule has 5 heterocycles. The lowest BCUT2D eigenvalue weighted by atomic mass is 10.0. The van der Waals surface area contributed by atoms with E-state index in [9.17, 15) is 37.1 Å². The van der Waals surface area contributed by atoms with Crippen LogP contribution in [0.25, 0.3) is 0 Å². The number of ether oxygens (including phenoxy) is 4. The van der Waals surface area contributed by atoms with Gasteiger partial charge in [0.05, 0.1) is 30.8 Å². The number of phenolic OH excluding ortho intramolecular Hbond substituents is 1. The lowest BCUT2D eigenvalue weighted by Gasteiger charge is -2.27. The molecule has 0 aromatic heterocycles. The van der Waals surface area contributed by atoms with Crippen molar-refractivity contribution in [3.8, 4) is 28.7 Å². The van der Waals surface area contributed by atoms with E-state index >= 15 is 0 Å². The van der Waals surface area contributed by atoms with E-state index in [1.807, 2.05) is 32.9 Å². The third kappa shape index (κ3) is 11.7. The summed E-state index contributed by atoms with van der Waals surface area (Å²) in [5.74, 6) is -1.93. The van der Waals surface area contributed by atoms with Crippen LogP contribution in [0.4, 0.5) is 34.6 Å². The molecular formula is C56H62F4N6O8. The number of rotatable bonds is 7. The second-order valence-corrected chi connectivity index (χ2v) is 18.8. The van der Waals surface area contributed by atoms with Gasteiger partial charge in [-0.2, -0.15) is 0 Å². The largest absolute Gasteiger partial charge is 0.506 e. The van der Waals surface area contributed by atoms with Crippen LogP contribution in [0.3, 0.4) is 0 Å². The summed E-state index contributed by atoms with van der Waals surface area (Å²) in [6.45, 7) is 6.35. The molecule has 10 rings (SSSR count). The second-order valence-electron chi connectivity index (χ2n) is 18.8. The first-order valence-corrected chi connectivity index (χ1v) is 23.2. The van der Waals surface area contributed by atoms with Gasteiger partial charge in [-0.25, -0.2) is 22.6 Å². The molecule has 14 nitrogen and oxygen atoms in total. The Morgan fingerprint density at radius 1 is 0.595 bits per heavy atom. The van der Waals surface area contributed by atoms with Crippen LogP contribution in [-0.2, 0) is 19.3 Å². The van der Waals surface area contributed by atoms with E-state index in [0.717, 1.165) is 57.7 Å².